The number of nitrogens with zero attached hydrogens (tertiary/aromatic N) is 1. The van der Waals surface area contributed by atoms with E-state index in [1.54, 1.807) is 0 Å². The molecule has 1 fully saturated rings. The summed E-state index contributed by atoms with van der Waals surface area (Å²) in [6, 6.07) is 11.1. The van der Waals surface area contributed by atoms with Crippen LogP contribution in [0, 0.1) is 0 Å². The molecule has 4 nitrogen and oxygen atoms in total. The van der Waals surface area contributed by atoms with E-state index in [1.165, 1.54) is 36.4 Å². The number of rotatable bonds is 6. The van der Waals surface area contributed by atoms with Crippen LogP contribution >= 0.6 is 11.3 Å². The Bertz CT molecular complexity index is 653. The summed E-state index contributed by atoms with van der Waals surface area (Å²) >= 11 is 1.86. The average Bonchev–Trinajstić information content (AvgIpc) is 3.32. The molecule has 1 aromatic heterocycles. The molecule has 2 aliphatic heterocycles. The van der Waals surface area contributed by atoms with Crippen molar-refractivity contribution in [2.45, 2.75) is 25.4 Å². The van der Waals surface area contributed by atoms with E-state index in [9.17, 15) is 0 Å². The van der Waals surface area contributed by atoms with E-state index in [-0.39, 0.29) is 0 Å². The second-order valence-corrected chi connectivity index (χ2v) is 7.36. The summed E-state index contributed by atoms with van der Waals surface area (Å²) < 4.78 is 11.3. The van der Waals surface area contributed by atoms with Crippen molar-refractivity contribution in [2.24, 2.45) is 0 Å². The molecule has 24 heavy (non-hydrogen) atoms. The molecule has 0 bridgehead atoms. The Morgan fingerprint density at radius 2 is 1.92 bits per heavy atom. The molecule has 1 unspecified atom stereocenters. The summed E-state index contributed by atoms with van der Waals surface area (Å²) in [5.74, 6) is 1.73. The zero-order valence-electron chi connectivity index (χ0n) is 13.9. The van der Waals surface area contributed by atoms with E-state index in [2.05, 4.69) is 39.9 Å². The van der Waals surface area contributed by atoms with E-state index >= 15 is 0 Å². The number of thiophene rings is 1. The standard InChI is InChI=1S/C19H24N2O2S/c1-2-8-21(7-1)16(19-4-3-11-24-19)14-20-13-15-5-6-17-18(12-15)23-10-9-22-17/h3-6,11-12,16,20H,1-2,7-10,13-14H2. The summed E-state index contributed by atoms with van der Waals surface area (Å²) in [4.78, 5) is 4.08. The Labute approximate surface area is 147 Å². The van der Waals surface area contributed by atoms with Crippen LogP contribution in [0.15, 0.2) is 35.7 Å². The molecule has 0 spiro atoms. The van der Waals surface area contributed by atoms with Gasteiger partial charge in [0, 0.05) is 18.0 Å². The number of hydrogen-bond acceptors (Lipinski definition) is 5. The minimum absolute atomic E-state index is 0.490. The summed E-state index contributed by atoms with van der Waals surface area (Å²) in [5, 5.41) is 5.82. The van der Waals surface area contributed by atoms with Crippen molar-refractivity contribution < 1.29 is 9.47 Å². The smallest absolute Gasteiger partial charge is 0.161 e. The first-order valence-corrected chi connectivity index (χ1v) is 9.65. The van der Waals surface area contributed by atoms with E-state index in [0.717, 1.165) is 24.6 Å². The third-order valence-electron chi connectivity index (χ3n) is 4.73. The quantitative estimate of drug-likeness (QED) is 0.870. The van der Waals surface area contributed by atoms with Crippen LogP contribution in [0.25, 0.3) is 0 Å². The number of fused-ring (bicyclic) bond motifs is 1. The van der Waals surface area contributed by atoms with Crippen molar-refractivity contribution in [1.82, 2.24) is 10.2 Å². The molecule has 0 saturated carbocycles. The average molecular weight is 344 g/mol. The SMILES string of the molecule is c1csc(C(CNCc2ccc3c(c2)OCCO3)N2CCCC2)c1. The highest BCUT2D eigenvalue weighted by molar-refractivity contribution is 7.10. The molecule has 2 aromatic rings. The van der Waals surface area contributed by atoms with Gasteiger partial charge in [-0.25, -0.2) is 0 Å². The van der Waals surface area contributed by atoms with Crippen molar-refractivity contribution in [3.63, 3.8) is 0 Å². The van der Waals surface area contributed by atoms with Crippen LogP contribution in [0.4, 0.5) is 0 Å². The minimum Gasteiger partial charge on any atom is -0.486 e. The van der Waals surface area contributed by atoms with Crippen molar-refractivity contribution in [1.29, 1.82) is 0 Å². The topological polar surface area (TPSA) is 33.7 Å². The van der Waals surface area contributed by atoms with E-state index in [0.29, 0.717) is 19.3 Å². The highest BCUT2D eigenvalue weighted by Crippen LogP contribution is 2.31. The third-order valence-corrected chi connectivity index (χ3v) is 5.70. The zero-order valence-corrected chi connectivity index (χ0v) is 14.7. The summed E-state index contributed by atoms with van der Waals surface area (Å²) in [5.41, 5.74) is 1.24. The summed E-state index contributed by atoms with van der Waals surface area (Å²) in [6.45, 7) is 5.55. The second-order valence-electron chi connectivity index (χ2n) is 6.38. The predicted octanol–water partition coefficient (Wildman–Crippen LogP) is 3.45. The molecule has 128 valence electrons. The molecule has 1 atom stereocenters. The van der Waals surface area contributed by atoms with Crippen molar-refractivity contribution in [3.05, 3.63) is 46.2 Å². The van der Waals surface area contributed by atoms with Gasteiger partial charge in [0.05, 0.1) is 6.04 Å². The molecule has 0 amide bonds. The van der Waals surface area contributed by atoms with Gasteiger partial charge in [0.2, 0.25) is 0 Å². The maximum atomic E-state index is 5.67. The van der Waals surface area contributed by atoms with Crippen LogP contribution in [0.1, 0.15) is 29.3 Å². The molecule has 3 heterocycles. The molecule has 2 aliphatic rings. The van der Waals surface area contributed by atoms with Gasteiger partial charge in [-0.3, -0.25) is 4.90 Å². The lowest BCUT2D eigenvalue weighted by atomic mass is 10.1. The van der Waals surface area contributed by atoms with Gasteiger partial charge in [-0.2, -0.15) is 0 Å². The number of hydrogen-bond donors (Lipinski definition) is 1. The Balaban J connectivity index is 1.38. The minimum atomic E-state index is 0.490. The van der Waals surface area contributed by atoms with Crippen LogP contribution < -0.4 is 14.8 Å². The molecule has 1 saturated heterocycles. The van der Waals surface area contributed by atoms with E-state index in [4.69, 9.17) is 9.47 Å². The monoisotopic (exact) mass is 344 g/mol. The van der Waals surface area contributed by atoms with E-state index < -0.39 is 0 Å². The molecule has 4 rings (SSSR count). The Morgan fingerprint density at radius 1 is 1.08 bits per heavy atom. The Kier molecular flexibility index (Phi) is 5.02. The summed E-state index contributed by atoms with van der Waals surface area (Å²) in [6.07, 6.45) is 2.65. The molecule has 1 aromatic carbocycles. The van der Waals surface area contributed by atoms with Gasteiger partial charge in [0.1, 0.15) is 13.2 Å². The number of nitrogens with one attached hydrogen (secondary N) is 1. The van der Waals surface area contributed by atoms with Crippen molar-refractivity contribution in [3.8, 4) is 11.5 Å². The Hall–Kier alpha value is -1.56. The maximum Gasteiger partial charge on any atom is 0.161 e. The largest absolute Gasteiger partial charge is 0.486 e. The van der Waals surface area contributed by atoms with Crippen LogP contribution in [-0.2, 0) is 6.54 Å². The first kappa shape index (κ1) is 15.9. The Morgan fingerprint density at radius 3 is 2.71 bits per heavy atom. The van der Waals surface area contributed by atoms with Gasteiger partial charge in [-0.1, -0.05) is 12.1 Å². The highest BCUT2D eigenvalue weighted by atomic mass is 32.1. The molecular weight excluding hydrogens is 320 g/mol. The molecular formula is C19H24N2O2S. The fraction of sp³-hybridized carbons (Fsp3) is 0.474. The molecule has 1 N–H and O–H groups in total. The molecule has 0 aliphatic carbocycles. The lowest BCUT2D eigenvalue weighted by Crippen LogP contribution is -2.33. The number of likely N-dealkylation sites (tertiary alicyclic amines) is 1. The fourth-order valence-corrected chi connectivity index (χ4v) is 4.36. The van der Waals surface area contributed by atoms with Gasteiger partial charge >= 0.3 is 0 Å². The van der Waals surface area contributed by atoms with Gasteiger partial charge in [-0.05, 0) is 55.1 Å². The van der Waals surface area contributed by atoms with Crippen LogP contribution in [0.5, 0.6) is 11.5 Å². The van der Waals surface area contributed by atoms with Gasteiger partial charge in [0.15, 0.2) is 11.5 Å². The maximum absolute atomic E-state index is 5.67. The summed E-state index contributed by atoms with van der Waals surface area (Å²) in [7, 11) is 0. The first-order valence-electron chi connectivity index (χ1n) is 8.77. The van der Waals surface area contributed by atoms with Crippen LogP contribution in [0.3, 0.4) is 0 Å². The lowest BCUT2D eigenvalue weighted by Gasteiger charge is -2.27. The first-order chi connectivity index (χ1) is 11.9. The number of ether oxygens (including phenoxy) is 2. The lowest BCUT2D eigenvalue weighted by molar-refractivity contribution is 0.171. The zero-order chi connectivity index (χ0) is 16.2. The fourth-order valence-electron chi connectivity index (χ4n) is 3.49. The van der Waals surface area contributed by atoms with Crippen molar-refractivity contribution in [2.75, 3.05) is 32.8 Å². The van der Waals surface area contributed by atoms with Crippen LogP contribution in [0.2, 0.25) is 0 Å². The normalized spacial score (nSPS) is 18.7. The molecule has 0 radical (unpaired) electrons. The molecule has 5 heteroatoms. The van der Waals surface area contributed by atoms with Gasteiger partial charge in [0.25, 0.3) is 0 Å². The highest BCUT2D eigenvalue weighted by Gasteiger charge is 2.23. The van der Waals surface area contributed by atoms with Gasteiger partial charge < -0.3 is 14.8 Å². The number of benzene rings is 1. The van der Waals surface area contributed by atoms with Crippen LogP contribution in [-0.4, -0.2) is 37.7 Å². The van der Waals surface area contributed by atoms with Crippen molar-refractivity contribution >= 4 is 11.3 Å². The predicted molar refractivity (Wildman–Crippen MR) is 97.0 cm³/mol. The van der Waals surface area contributed by atoms with E-state index in [1.807, 2.05) is 17.4 Å². The van der Waals surface area contributed by atoms with Gasteiger partial charge in [-0.15, -0.1) is 11.3 Å². The third kappa shape index (κ3) is 3.58. The second kappa shape index (κ2) is 7.55.